The average molecular weight is 464 g/mol. The van der Waals surface area contributed by atoms with E-state index in [0.717, 1.165) is 50.1 Å². The summed E-state index contributed by atoms with van der Waals surface area (Å²) in [5.74, 6) is 0.901. The maximum Gasteiger partial charge on any atom is 0.387 e. The Bertz CT molecular complexity index is 921. The van der Waals surface area contributed by atoms with Gasteiger partial charge in [-0.3, -0.25) is 4.79 Å². The molecule has 1 saturated heterocycles. The number of aromatic nitrogens is 1. The van der Waals surface area contributed by atoms with Crippen molar-refractivity contribution in [3.63, 3.8) is 0 Å². The van der Waals surface area contributed by atoms with Gasteiger partial charge in [0, 0.05) is 24.3 Å². The number of rotatable bonds is 3. The number of benzene rings is 1. The first-order chi connectivity index (χ1) is 16.0. The van der Waals surface area contributed by atoms with E-state index in [-0.39, 0.29) is 5.75 Å². The third-order valence-electron chi connectivity index (χ3n) is 5.63. The molecule has 0 radical (unpaired) electrons. The van der Waals surface area contributed by atoms with Gasteiger partial charge in [0.05, 0.1) is 26.4 Å². The Hall–Kier alpha value is -2.78. The second kappa shape index (κ2) is 12.5. The normalized spacial score (nSPS) is 16.5. The van der Waals surface area contributed by atoms with E-state index in [1.165, 1.54) is 35.7 Å². The predicted octanol–water partition coefficient (Wildman–Crippen LogP) is 3.64. The molecule has 0 bridgehead atoms. The number of alkyl halides is 2. The lowest BCUT2D eigenvalue weighted by molar-refractivity contribution is -0.121. The summed E-state index contributed by atoms with van der Waals surface area (Å²) < 4.78 is 37.9. The molecule has 0 atom stereocenters. The minimum Gasteiger partial charge on any atom is -0.435 e. The van der Waals surface area contributed by atoms with Crippen molar-refractivity contribution in [2.75, 3.05) is 32.0 Å². The number of amides is 1. The van der Waals surface area contributed by atoms with Crippen LogP contribution in [0.2, 0.25) is 0 Å². The summed E-state index contributed by atoms with van der Waals surface area (Å²) in [6.07, 6.45) is 5.65. The van der Waals surface area contributed by atoms with Crippen molar-refractivity contribution in [1.29, 1.82) is 0 Å². The van der Waals surface area contributed by atoms with Crippen molar-refractivity contribution in [2.24, 2.45) is 0 Å². The van der Waals surface area contributed by atoms with Crippen LogP contribution in [0.4, 0.5) is 14.6 Å². The highest BCUT2D eigenvalue weighted by Gasteiger charge is 2.23. The van der Waals surface area contributed by atoms with Crippen LogP contribution >= 0.6 is 0 Å². The summed E-state index contributed by atoms with van der Waals surface area (Å²) in [5, 5.41) is 0. The average Bonchev–Trinajstić information content (AvgIpc) is 3.31. The van der Waals surface area contributed by atoms with E-state index in [1.54, 1.807) is 17.0 Å². The van der Waals surface area contributed by atoms with Gasteiger partial charge < -0.3 is 24.8 Å². The zero-order valence-electron chi connectivity index (χ0n) is 18.9. The molecule has 5 rings (SSSR count). The van der Waals surface area contributed by atoms with E-state index in [4.69, 9.17) is 15.2 Å². The molecule has 9 heteroatoms. The molecule has 2 aromatic rings. The zero-order valence-corrected chi connectivity index (χ0v) is 18.9. The number of ether oxygens (including phenoxy) is 3. The summed E-state index contributed by atoms with van der Waals surface area (Å²) in [4.78, 5) is 16.2. The number of aryl methyl sites for hydroxylation is 2. The van der Waals surface area contributed by atoms with E-state index < -0.39 is 6.61 Å². The minimum absolute atomic E-state index is 0.208. The molecule has 1 amide bonds. The van der Waals surface area contributed by atoms with Crippen LogP contribution in [0, 0.1) is 6.92 Å². The van der Waals surface area contributed by atoms with Crippen LogP contribution in [-0.2, 0) is 40.3 Å². The van der Waals surface area contributed by atoms with E-state index >= 15 is 0 Å². The number of morpholine rings is 1. The number of fused-ring (bicyclic) bond motifs is 3. The van der Waals surface area contributed by atoms with Crippen LogP contribution in [0.15, 0.2) is 24.3 Å². The van der Waals surface area contributed by atoms with Gasteiger partial charge in [-0.1, -0.05) is 12.1 Å². The Kier molecular flexibility index (Phi) is 9.38. The van der Waals surface area contributed by atoms with Gasteiger partial charge in [-0.25, -0.2) is 4.98 Å². The summed E-state index contributed by atoms with van der Waals surface area (Å²) in [6.45, 7) is 3.37. The Balaban J connectivity index is 0.000000145. The van der Waals surface area contributed by atoms with Gasteiger partial charge in [0.15, 0.2) is 0 Å². The molecule has 0 saturated carbocycles. The first-order valence-electron chi connectivity index (χ1n) is 11.1. The van der Waals surface area contributed by atoms with Crippen LogP contribution in [0.5, 0.6) is 5.75 Å². The Morgan fingerprint density at radius 2 is 1.82 bits per heavy atom. The maximum atomic E-state index is 11.6. The van der Waals surface area contributed by atoms with Gasteiger partial charge >= 0.3 is 6.61 Å². The van der Waals surface area contributed by atoms with E-state index in [9.17, 15) is 13.6 Å². The summed E-state index contributed by atoms with van der Waals surface area (Å²) in [6, 6.07) is 6.55. The van der Waals surface area contributed by atoms with Gasteiger partial charge in [-0.2, -0.15) is 8.78 Å². The van der Waals surface area contributed by atoms with Crippen molar-refractivity contribution in [3.05, 3.63) is 52.2 Å². The van der Waals surface area contributed by atoms with Crippen LogP contribution in [0.3, 0.4) is 0 Å². The largest absolute Gasteiger partial charge is 0.435 e. The number of carbonyl (C=O) groups excluding carboxylic acids is 1. The highest BCUT2D eigenvalue weighted by Crippen LogP contribution is 2.32. The van der Waals surface area contributed by atoms with Crippen molar-refractivity contribution < 1.29 is 27.8 Å². The molecule has 7 nitrogen and oxygen atoms in total. The number of anilines is 1. The molecule has 2 aliphatic heterocycles. The lowest BCUT2D eigenvalue weighted by Crippen LogP contribution is -2.34. The van der Waals surface area contributed by atoms with E-state index in [2.05, 4.69) is 9.72 Å². The highest BCUT2D eigenvalue weighted by molar-refractivity contribution is 5.52. The fraction of sp³-hybridized carbons (Fsp3) is 0.500. The second-order valence-corrected chi connectivity index (χ2v) is 8.03. The third-order valence-corrected chi connectivity index (χ3v) is 5.63. The van der Waals surface area contributed by atoms with Crippen LogP contribution < -0.4 is 10.5 Å². The molecule has 1 aromatic carbocycles. The van der Waals surface area contributed by atoms with Gasteiger partial charge in [-0.15, -0.1) is 0 Å². The van der Waals surface area contributed by atoms with Gasteiger partial charge in [0.25, 0.3) is 0 Å². The quantitative estimate of drug-likeness (QED) is 0.700. The Morgan fingerprint density at radius 1 is 1.09 bits per heavy atom. The number of nitrogens with two attached hydrogens (primary N) is 1. The second-order valence-electron chi connectivity index (χ2n) is 8.03. The number of carbonyl (C=O) groups is 1. The molecule has 3 aliphatic rings. The predicted molar refractivity (Wildman–Crippen MR) is 120 cm³/mol. The lowest BCUT2D eigenvalue weighted by Gasteiger charge is -2.21. The molecule has 3 heterocycles. The molecule has 0 spiro atoms. The highest BCUT2D eigenvalue weighted by atomic mass is 19.3. The topological polar surface area (TPSA) is 86.9 Å². The van der Waals surface area contributed by atoms with Gasteiger partial charge in [0.1, 0.15) is 11.6 Å². The molecule has 33 heavy (non-hydrogen) atoms. The standard InChI is InChI=1S/C11H14N2O.C8H8F2O.C5H9NO2/c12-11-9-6-14-5-8(9)7-3-1-2-4-10(7)13-11;1-6-3-2-4-7(5-6)11-8(9)10;7-5-6-1-3-8-4-2-6/h1-6H2,(H2,12,13);2-5,8H,1H3;5H,1-4H2. The Labute approximate surface area is 192 Å². The van der Waals surface area contributed by atoms with Crippen LogP contribution in [0.1, 0.15) is 40.8 Å². The third kappa shape index (κ3) is 7.36. The van der Waals surface area contributed by atoms with Crippen LogP contribution in [0.25, 0.3) is 0 Å². The number of pyridine rings is 1. The summed E-state index contributed by atoms with van der Waals surface area (Å²) >= 11 is 0. The first-order valence-corrected chi connectivity index (χ1v) is 11.1. The van der Waals surface area contributed by atoms with E-state index in [1.807, 2.05) is 13.0 Å². The van der Waals surface area contributed by atoms with Crippen molar-refractivity contribution in [2.45, 2.75) is 52.4 Å². The smallest absolute Gasteiger partial charge is 0.387 e. The number of halogens is 2. The van der Waals surface area contributed by atoms with Gasteiger partial charge in [-0.05, 0) is 61.4 Å². The number of hydrogen-bond acceptors (Lipinski definition) is 6. The summed E-state index contributed by atoms with van der Waals surface area (Å²) in [5.41, 5.74) is 11.9. The molecule has 0 unspecified atom stereocenters. The first kappa shape index (κ1) is 24.9. The molecule has 180 valence electrons. The Morgan fingerprint density at radius 3 is 2.48 bits per heavy atom. The number of nitrogens with zero attached hydrogens (tertiary/aromatic N) is 2. The molecule has 1 aliphatic carbocycles. The molecular weight excluding hydrogens is 432 g/mol. The maximum absolute atomic E-state index is 11.6. The summed E-state index contributed by atoms with van der Waals surface area (Å²) in [7, 11) is 0. The molecule has 1 aromatic heterocycles. The SMILES string of the molecule is Cc1cccc(OC(F)F)c1.Nc1nc2c(c3c1COC3)CCCC2.O=CN1CCOCC1. The minimum atomic E-state index is -2.74. The van der Waals surface area contributed by atoms with Crippen molar-refractivity contribution in [3.8, 4) is 5.75 Å². The van der Waals surface area contributed by atoms with Crippen molar-refractivity contribution >= 4 is 12.2 Å². The van der Waals surface area contributed by atoms with E-state index in [0.29, 0.717) is 25.6 Å². The fourth-order valence-electron chi connectivity index (χ4n) is 3.95. The van der Waals surface area contributed by atoms with Gasteiger partial charge in [0.2, 0.25) is 6.41 Å². The molecule has 1 fully saturated rings. The lowest BCUT2D eigenvalue weighted by atomic mass is 9.91. The molecule has 2 N–H and O–H groups in total. The molecular formula is C24H31F2N3O4. The van der Waals surface area contributed by atoms with Crippen LogP contribution in [-0.4, -0.2) is 49.2 Å². The monoisotopic (exact) mass is 463 g/mol. The van der Waals surface area contributed by atoms with Crippen molar-refractivity contribution in [1.82, 2.24) is 9.88 Å². The fourth-order valence-corrected chi connectivity index (χ4v) is 3.95. The number of nitrogen functional groups attached to an aromatic ring is 1. The number of hydrogen-bond donors (Lipinski definition) is 1. The zero-order chi connectivity index (χ0) is 23.6.